The monoisotopic (exact) mass is 251 g/mol. The van der Waals surface area contributed by atoms with Crippen LogP contribution in [0.15, 0.2) is 42.5 Å². The van der Waals surface area contributed by atoms with Gasteiger partial charge in [-0.15, -0.1) is 0 Å². The van der Waals surface area contributed by atoms with E-state index in [1.165, 1.54) is 42.5 Å². The lowest BCUT2D eigenvalue weighted by molar-refractivity contribution is 0.684. The second-order valence-corrected chi connectivity index (χ2v) is 5.53. The van der Waals surface area contributed by atoms with Gasteiger partial charge in [-0.2, -0.15) is 0 Å². The molecule has 0 bridgehead atoms. The highest BCUT2D eigenvalue weighted by molar-refractivity contribution is 5.45. The molecule has 0 heterocycles. The molecule has 0 fully saturated rings. The number of benzene rings is 2. The molecule has 0 atom stereocenters. The Bertz CT molecular complexity index is 554. The predicted octanol–water partition coefficient (Wildman–Crippen LogP) is 4.49. The maximum absolute atomic E-state index is 3.49. The van der Waals surface area contributed by atoms with E-state index in [2.05, 4.69) is 54.7 Å². The molecule has 1 nitrogen and oxygen atoms in total. The molecule has 2 aromatic carbocycles. The molecule has 3 rings (SSSR count). The lowest BCUT2D eigenvalue weighted by Gasteiger charge is -2.17. The molecule has 0 aromatic heterocycles. The van der Waals surface area contributed by atoms with Crippen LogP contribution in [0.2, 0.25) is 0 Å². The first-order valence-corrected chi connectivity index (χ1v) is 7.22. The van der Waals surface area contributed by atoms with Gasteiger partial charge in [-0.25, -0.2) is 0 Å². The minimum atomic E-state index is 0.913. The van der Waals surface area contributed by atoms with E-state index in [0.717, 1.165) is 6.54 Å². The second-order valence-electron chi connectivity index (χ2n) is 5.53. The zero-order valence-electron chi connectivity index (χ0n) is 11.6. The summed E-state index contributed by atoms with van der Waals surface area (Å²) in [7, 11) is 0. The van der Waals surface area contributed by atoms with E-state index in [-0.39, 0.29) is 0 Å². The van der Waals surface area contributed by atoms with Crippen LogP contribution in [0.4, 0.5) is 5.69 Å². The van der Waals surface area contributed by atoms with E-state index >= 15 is 0 Å². The molecule has 1 aliphatic rings. The third kappa shape index (κ3) is 2.98. The smallest absolute Gasteiger partial charge is 0.0400 e. The van der Waals surface area contributed by atoms with Crippen molar-refractivity contribution in [2.75, 3.05) is 5.32 Å². The average molecular weight is 251 g/mol. The summed E-state index contributed by atoms with van der Waals surface area (Å²) < 4.78 is 0. The van der Waals surface area contributed by atoms with Crippen LogP contribution in [-0.2, 0) is 19.4 Å². The van der Waals surface area contributed by atoms with Crippen molar-refractivity contribution in [3.63, 3.8) is 0 Å². The fourth-order valence-electron chi connectivity index (χ4n) is 2.77. The number of hydrogen-bond acceptors (Lipinski definition) is 1. The number of aryl methyl sites for hydroxylation is 3. The van der Waals surface area contributed by atoms with Gasteiger partial charge in [0, 0.05) is 12.2 Å². The van der Waals surface area contributed by atoms with Crippen LogP contribution in [0.25, 0.3) is 0 Å². The van der Waals surface area contributed by atoms with Crippen molar-refractivity contribution < 1.29 is 0 Å². The largest absolute Gasteiger partial charge is 0.381 e. The quantitative estimate of drug-likeness (QED) is 0.847. The van der Waals surface area contributed by atoms with Gasteiger partial charge in [0.2, 0.25) is 0 Å². The molecule has 0 saturated carbocycles. The summed E-state index contributed by atoms with van der Waals surface area (Å²) in [5.41, 5.74) is 7.02. The van der Waals surface area contributed by atoms with Crippen LogP contribution >= 0.6 is 0 Å². The van der Waals surface area contributed by atoms with Gasteiger partial charge in [0.15, 0.2) is 0 Å². The third-order valence-electron chi connectivity index (χ3n) is 3.96. The summed E-state index contributed by atoms with van der Waals surface area (Å²) in [5, 5.41) is 3.49. The summed E-state index contributed by atoms with van der Waals surface area (Å²) in [6.07, 6.45) is 5.23. The molecule has 19 heavy (non-hydrogen) atoms. The summed E-state index contributed by atoms with van der Waals surface area (Å²) in [5.74, 6) is 0. The molecule has 0 radical (unpaired) electrons. The maximum Gasteiger partial charge on any atom is 0.0400 e. The first kappa shape index (κ1) is 12.3. The minimum absolute atomic E-state index is 0.913. The number of nitrogens with one attached hydrogen (secondary N) is 1. The highest BCUT2D eigenvalue weighted by atomic mass is 14.9. The van der Waals surface area contributed by atoms with E-state index in [0.29, 0.717) is 0 Å². The first-order chi connectivity index (χ1) is 9.31. The normalized spacial score (nSPS) is 13.9. The SMILES string of the molecule is Cc1ccc(NCc2ccc3c(c2)CCCC3)cc1. The van der Waals surface area contributed by atoms with Crippen molar-refractivity contribution in [3.05, 3.63) is 64.7 Å². The van der Waals surface area contributed by atoms with Crippen LogP contribution in [0.3, 0.4) is 0 Å². The Labute approximate surface area is 115 Å². The van der Waals surface area contributed by atoms with Gasteiger partial charge in [0.1, 0.15) is 0 Å². The molecule has 0 unspecified atom stereocenters. The van der Waals surface area contributed by atoms with Gasteiger partial charge in [-0.3, -0.25) is 0 Å². The van der Waals surface area contributed by atoms with Crippen molar-refractivity contribution in [1.29, 1.82) is 0 Å². The molecule has 1 aliphatic carbocycles. The van der Waals surface area contributed by atoms with Crippen molar-refractivity contribution in [1.82, 2.24) is 0 Å². The first-order valence-electron chi connectivity index (χ1n) is 7.22. The molecule has 0 aliphatic heterocycles. The minimum Gasteiger partial charge on any atom is -0.381 e. The van der Waals surface area contributed by atoms with Crippen LogP contribution in [0.1, 0.15) is 35.1 Å². The van der Waals surface area contributed by atoms with E-state index in [9.17, 15) is 0 Å². The lowest BCUT2D eigenvalue weighted by Crippen LogP contribution is -2.05. The number of anilines is 1. The van der Waals surface area contributed by atoms with Crippen molar-refractivity contribution >= 4 is 5.69 Å². The van der Waals surface area contributed by atoms with Crippen LogP contribution < -0.4 is 5.32 Å². The highest BCUT2D eigenvalue weighted by Gasteiger charge is 2.09. The zero-order valence-corrected chi connectivity index (χ0v) is 11.6. The van der Waals surface area contributed by atoms with Gasteiger partial charge in [0.05, 0.1) is 0 Å². The molecular weight excluding hydrogens is 230 g/mol. The molecule has 1 N–H and O–H groups in total. The number of rotatable bonds is 3. The fourth-order valence-corrected chi connectivity index (χ4v) is 2.77. The zero-order chi connectivity index (χ0) is 13.1. The van der Waals surface area contributed by atoms with Crippen molar-refractivity contribution in [2.45, 2.75) is 39.2 Å². The average Bonchev–Trinajstić information content (AvgIpc) is 2.46. The number of fused-ring (bicyclic) bond motifs is 1. The Morgan fingerprint density at radius 1 is 0.895 bits per heavy atom. The standard InChI is InChI=1S/C18H21N/c1-14-6-10-18(11-7-14)19-13-15-8-9-16-4-2-3-5-17(16)12-15/h6-12,19H,2-5,13H2,1H3. The van der Waals surface area contributed by atoms with Crippen LogP contribution in [0.5, 0.6) is 0 Å². The number of hydrogen-bond donors (Lipinski definition) is 1. The van der Waals surface area contributed by atoms with Gasteiger partial charge in [-0.05, 0) is 61.4 Å². The molecule has 0 saturated heterocycles. The van der Waals surface area contributed by atoms with Crippen LogP contribution in [-0.4, -0.2) is 0 Å². The molecule has 1 heteroatoms. The predicted molar refractivity (Wildman–Crippen MR) is 81.6 cm³/mol. The van der Waals surface area contributed by atoms with E-state index in [1.54, 1.807) is 11.1 Å². The highest BCUT2D eigenvalue weighted by Crippen LogP contribution is 2.22. The summed E-state index contributed by atoms with van der Waals surface area (Å²) >= 11 is 0. The lowest BCUT2D eigenvalue weighted by atomic mass is 9.90. The summed E-state index contributed by atoms with van der Waals surface area (Å²) in [6, 6.07) is 15.6. The maximum atomic E-state index is 3.49. The second kappa shape index (κ2) is 5.48. The van der Waals surface area contributed by atoms with Gasteiger partial charge in [-0.1, -0.05) is 35.9 Å². The molecular formula is C18H21N. The van der Waals surface area contributed by atoms with Crippen LogP contribution in [0, 0.1) is 6.92 Å². The van der Waals surface area contributed by atoms with Gasteiger partial charge >= 0.3 is 0 Å². The third-order valence-corrected chi connectivity index (χ3v) is 3.96. The van der Waals surface area contributed by atoms with Gasteiger partial charge in [0.25, 0.3) is 0 Å². The Morgan fingerprint density at radius 3 is 2.42 bits per heavy atom. The molecule has 0 spiro atoms. The van der Waals surface area contributed by atoms with E-state index in [1.807, 2.05) is 0 Å². The van der Waals surface area contributed by atoms with E-state index < -0.39 is 0 Å². The Hall–Kier alpha value is -1.76. The Balaban J connectivity index is 1.68. The Morgan fingerprint density at radius 2 is 1.63 bits per heavy atom. The van der Waals surface area contributed by atoms with Crippen molar-refractivity contribution in [2.24, 2.45) is 0 Å². The summed E-state index contributed by atoms with van der Waals surface area (Å²) in [6.45, 7) is 3.03. The molecule has 2 aromatic rings. The Kier molecular flexibility index (Phi) is 3.54. The van der Waals surface area contributed by atoms with E-state index in [4.69, 9.17) is 0 Å². The fraction of sp³-hybridized carbons (Fsp3) is 0.333. The van der Waals surface area contributed by atoms with Gasteiger partial charge < -0.3 is 5.32 Å². The topological polar surface area (TPSA) is 12.0 Å². The van der Waals surface area contributed by atoms with Crippen molar-refractivity contribution in [3.8, 4) is 0 Å². The molecule has 0 amide bonds. The summed E-state index contributed by atoms with van der Waals surface area (Å²) in [4.78, 5) is 0. The molecule has 98 valence electrons.